The molecule has 0 heterocycles. The number of hydrogen-bond acceptors (Lipinski definition) is 0. The van der Waals surface area contributed by atoms with Gasteiger partial charge in [-0.3, -0.25) is 0 Å². The van der Waals surface area contributed by atoms with Gasteiger partial charge in [-0.1, -0.05) is 0 Å². The molecule has 0 aromatic heterocycles. The Morgan fingerprint density at radius 2 is 0.333 bits per heavy atom. The standard InChI is InChI=1S/Pt.5Ru. The maximum absolute atomic E-state index is 0. The van der Waals surface area contributed by atoms with E-state index in [-0.39, 0.29) is 118 Å². The fourth-order valence-corrected chi connectivity index (χ4v) is 0. The van der Waals surface area contributed by atoms with Crippen molar-refractivity contribution in [3.63, 3.8) is 0 Å². The van der Waals surface area contributed by atoms with Crippen molar-refractivity contribution in [2.75, 3.05) is 0 Å². The summed E-state index contributed by atoms with van der Waals surface area (Å²) in [6, 6.07) is 0. The van der Waals surface area contributed by atoms with Gasteiger partial charge in [0.1, 0.15) is 0 Å². The van der Waals surface area contributed by atoms with Gasteiger partial charge in [0, 0.05) is 118 Å². The summed E-state index contributed by atoms with van der Waals surface area (Å²) in [5, 5.41) is 0. The van der Waals surface area contributed by atoms with Gasteiger partial charge in [0.25, 0.3) is 0 Å². The second-order valence-electron chi connectivity index (χ2n) is 0. The van der Waals surface area contributed by atoms with Gasteiger partial charge >= 0.3 is 0 Å². The summed E-state index contributed by atoms with van der Waals surface area (Å²) in [4.78, 5) is 0. The topological polar surface area (TPSA) is 0 Å². The van der Waals surface area contributed by atoms with Crippen LogP contribution in [0.2, 0.25) is 0 Å². The van der Waals surface area contributed by atoms with Crippen LogP contribution in [0.1, 0.15) is 0 Å². The van der Waals surface area contributed by atoms with E-state index in [1.54, 1.807) is 0 Å². The maximum atomic E-state index is 0. The second kappa shape index (κ2) is 37.0. The van der Waals surface area contributed by atoms with Gasteiger partial charge in [-0.05, 0) is 0 Å². The molecule has 0 aliphatic rings. The Bertz CT molecular complexity index is 3.90. The van der Waals surface area contributed by atoms with Crippen molar-refractivity contribution in [2.24, 2.45) is 0 Å². The van der Waals surface area contributed by atoms with Gasteiger partial charge in [-0.25, -0.2) is 0 Å². The Morgan fingerprint density at radius 1 is 0.333 bits per heavy atom. The van der Waals surface area contributed by atoms with Gasteiger partial charge < -0.3 is 0 Å². The van der Waals surface area contributed by atoms with Crippen molar-refractivity contribution in [2.45, 2.75) is 0 Å². The Labute approximate surface area is 116 Å². The number of rotatable bonds is 0. The molecule has 6 heavy (non-hydrogen) atoms. The molecule has 0 fully saturated rings. The summed E-state index contributed by atoms with van der Waals surface area (Å²) in [5.41, 5.74) is 0. The molecular formula is PtRu5. The molecule has 6 heteroatoms. The first-order chi connectivity index (χ1) is 0. The van der Waals surface area contributed by atoms with Crippen LogP contribution in [-0.2, 0) is 118 Å². The van der Waals surface area contributed by atoms with Crippen LogP contribution in [0.5, 0.6) is 0 Å². The maximum Gasteiger partial charge on any atom is 0 e. The van der Waals surface area contributed by atoms with Crippen molar-refractivity contribution >= 4 is 0 Å². The summed E-state index contributed by atoms with van der Waals surface area (Å²) in [6.07, 6.45) is 0. The molecule has 0 saturated carbocycles. The summed E-state index contributed by atoms with van der Waals surface area (Å²) in [7, 11) is 0. The third kappa shape index (κ3) is 25.0. The van der Waals surface area contributed by atoms with Crippen LogP contribution in [-0.4, -0.2) is 0 Å². The zero-order valence-electron chi connectivity index (χ0n) is 2.08. The van der Waals surface area contributed by atoms with Gasteiger partial charge in [0.15, 0.2) is 0 Å². The molecule has 0 aliphatic carbocycles. The van der Waals surface area contributed by atoms with E-state index in [4.69, 9.17) is 0 Å². The fraction of sp³-hybridized carbons (Fsp3) is 0. The van der Waals surface area contributed by atoms with Crippen molar-refractivity contribution in [3.8, 4) is 0 Å². The van der Waals surface area contributed by atoms with Gasteiger partial charge in [-0.15, -0.1) is 0 Å². The van der Waals surface area contributed by atoms with Crippen LogP contribution in [0.3, 0.4) is 0 Å². The third-order valence-corrected chi connectivity index (χ3v) is 0. The predicted octanol–water partition coefficient (Wildman–Crippen LogP) is -0.0150. The molecular weight excluding hydrogens is 700 g/mol. The largest absolute Gasteiger partial charge is 0 e. The Morgan fingerprint density at radius 3 is 0.333 bits per heavy atom. The minimum Gasteiger partial charge on any atom is 0 e. The predicted molar refractivity (Wildman–Crippen MR) is 0 cm³/mol. The van der Waals surface area contributed by atoms with E-state index in [2.05, 4.69) is 0 Å². The van der Waals surface area contributed by atoms with Crippen LogP contribution < -0.4 is 0 Å². The molecule has 0 radical (unpaired) electrons. The quantitative estimate of drug-likeness (QED) is 0.313. The molecule has 0 aromatic rings. The Kier molecular flexibility index (Phi) is 324. The molecule has 0 saturated heterocycles. The zero-order chi connectivity index (χ0) is 0. The molecule has 0 bridgehead atoms. The normalized spacial score (nSPS) is 0. The van der Waals surface area contributed by atoms with Crippen molar-refractivity contribution in [1.29, 1.82) is 0 Å². The molecule has 0 N–H and O–H groups in total. The first-order valence-electron chi connectivity index (χ1n) is 0. The van der Waals surface area contributed by atoms with Crippen LogP contribution in [0.4, 0.5) is 0 Å². The summed E-state index contributed by atoms with van der Waals surface area (Å²) in [5.74, 6) is 0. The number of hydrogen-bond donors (Lipinski definition) is 0. The summed E-state index contributed by atoms with van der Waals surface area (Å²) < 4.78 is 0. The van der Waals surface area contributed by atoms with Crippen LogP contribution >= 0.6 is 0 Å². The summed E-state index contributed by atoms with van der Waals surface area (Å²) in [6.45, 7) is 0. The first-order valence-corrected chi connectivity index (χ1v) is 0. The van der Waals surface area contributed by atoms with E-state index in [1.165, 1.54) is 0 Å². The monoisotopic (exact) mass is 704 g/mol. The third-order valence-electron chi connectivity index (χ3n) is 0. The molecule has 50 valence electrons. The second-order valence-corrected chi connectivity index (χ2v) is 0. The average molecular weight is 700 g/mol. The van der Waals surface area contributed by atoms with Crippen LogP contribution in [0.25, 0.3) is 0 Å². The Hall–Kier alpha value is 3.81. The zero-order valence-corrected chi connectivity index (χ0v) is 13.0. The Balaban J connectivity index is 0. The minimum absolute atomic E-state index is 0. The molecule has 0 aromatic carbocycles. The van der Waals surface area contributed by atoms with E-state index < -0.39 is 0 Å². The van der Waals surface area contributed by atoms with Crippen molar-refractivity contribution in [1.82, 2.24) is 0 Å². The van der Waals surface area contributed by atoms with E-state index in [0.717, 1.165) is 0 Å². The molecule has 0 atom stereocenters. The van der Waals surface area contributed by atoms with Gasteiger partial charge in [0.2, 0.25) is 0 Å². The molecule has 0 spiro atoms. The van der Waals surface area contributed by atoms with E-state index in [9.17, 15) is 0 Å². The van der Waals surface area contributed by atoms with Crippen molar-refractivity contribution in [3.05, 3.63) is 0 Å². The fourth-order valence-electron chi connectivity index (χ4n) is 0. The first kappa shape index (κ1) is 52.5. The SMILES string of the molecule is [Pt].[Ru].[Ru].[Ru].[Ru].[Ru]. The smallest absolute Gasteiger partial charge is 0 e. The van der Waals surface area contributed by atoms with Crippen LogP contribution in [0, 0.1) is 0 Å². The van der Waals surface area contributed by atoms with Gasteiger partial charge in [0.05, 0.1) is 0 Å². The molecule has 0 unspecified atom stereocenters. The molecule has 0 amide bonds. The van der Waals surface area contributed by atoms with E-state index >= 15 is 0 Å². The molecule has 0 aliphatic heterocycles. The average Bonchev–Trinajstić information content (AvgIpc) is 0. The van der Waals surface area contributed by atoms with Gasteiger partial charge in [-0.2, -0.15) is 0 Å². The molecule has 0 nitrogen and oxygen atoms in total. The van der Waals surface area contributed by atoms with Crippen molar-refractivity contribution < 1.29 is 118 Å². The summed E-state index contributed by atoms with van der Waals surface area (Å²) >= 11 is 0. The van der Waals surface area contributed by atoms with E-state index in [0.29, 0.717) is 0 Å². The minimum atomic E-state index is 0. The van der Waals surface area contributed by atoms with Crippen LogP contribution in [0.15, 0.2) is 0 Å². The molecule has 0 rings (SSSR count). The van der Waals surface area contributed by atoms with E-state index in [1.807, 2.05) is 0 Å².